The highest BCUT2D eigenvalue weighted by atomic mass is 19.2. The van der Waals surface area contributed by atoms with Crippen LogP contribution in [0.5, 0.6) is 0 Å². The lowest BCUT2D eigenvalue weighted by Crippen LogP contribution is -2.32. The molecule has 21 heavy (non-hydrogen) atoms. The van der Waals surface area contributed by atoms with Crippen molar-refractivity contribution in [2.24, 2.45) is 11.8 Å². The Morgan fingerprint density at radius 1 is 1.24 bits per heavy atom. The van der Waals surface area contributed by atoms with E-state index < -0.39 is 11.6 Å². The second kappa shape index (κ2) is 7.35. The molecule has 0 radical (unpaired) electrons. The van der Waals surface area contributed by atoms with Crippen molar-refractivity contribution in [3.63, 3.8) is 0 Å². The van der Waals surface area contributed by atoms with E-state index in [1.165, 1.54) is 12.8 Å². The predicted molar refractivity (Wildman–Crippen MR) is 83.3 cm³/mol. The fourth-order valence-corrected chi connectivity index (χ4v) is 3.52. The van der Waals surface area contributed by atoms with E-state index in [4.69, 9.17) is 0 Å². The zero-order chi connectivity index (χ0) is 15.4. The SMILES string of the molecule is CCCNC(c1ccc(C)c(F)c1F)C1CCCC(C)C1. The van der Waals surface area contributed by atoms with Crippen LogP contribution in [0.1, 0.15) is 63.1 Å². The Labute approximate surface area is 127 Å². The van der Waals surface area contributed by atoms with Gasteiger partial charge in [0, 0.05) is 11.6 Å². The van der Waals surface area contributed by atoms with Crippen molar-refractivity contribution in [1.29, 1.82) is 0 Å². The number of nitrogens with one attached hydrogen (secondary N) is 1. The minimum absolute atomic E-state index is 0.0669. The van der Waals surface area contributed by atoms with E-state index in [0.29, 0.717) is 23.0 Å². The van der Waals surface area contributed by atoms with Gasteiger partial charge in [0.1, 0.15) is 0 Å². The van der Waals surface area contributed by atoms with Crippen LogP contribution in [0.15, 0.2) is 12.1 Å². The molecule has 1 aliphatic carbocycles. The summed E-state index contributed by atoms with van der Waals surface area (Å²) >= 11 is 0. The van der Waals surface area contributed by atoms with Crippen molar-refractivity contribution in [3.05, 3.63) is 34.9 Å². The minimum Gasteiger partial charge on any atom is -0.310 e. The minimum atomic E-state index is -0.695. The molecule has 0 saturated heterocycles. The first-order valence-electron chi connectivity index (χ1n) is 8.22. The molecule has 1 N–H and O–H groups in total. The third-order valence-electron chi connectivity index (χ3n) is 4.70. The first-order valence-corrected chi connectivity index (χ1v) is 8.22. The largest absolute Gasteiger partial charge is 0.310 e. The average Bonchev–Trinajstić information content (AvgIpc) is 2.47. The van der Waals surface area contributed by atoms with Gasteiger partial charge in [-0.1, -0.05) is 38.8 Å². The van der Waals surface area contributed by atoms with E-state index in [-0.39, 0.29) is 6.04 Å². The lowest BCUT2D eigenvalue weighted by atomic mass is 9.76. The number of halogens is 2. The number of hydrogen-bond acceptors (Lipinski definition) is 1. The zero-order valence-electron chi connectivity index (χ0n) is 13.4. The van der Waals surface area contributed by atoms with Crippen molar-refractivity contribution < 1.29 is 8.78 Å². The summed E-state index contributed by atoms with van der Waals surface area (Å²) in [6.45, 7) is 6.80. The van der Waals surface area contributed by atoms with Crippen LogP contribution in [0.3, 0.4) is 0 Å². The smallest absolute Gasteiger partial charge is 0.163 e. The zero-order valence-corrected chi connectivity index (χ0v) is 13.4. The van der Waals surface area contributed by atoms with Crippen LogP contribution in [0.25, 0.3) is 0 Å². The molecule has 0 heterocycles. The molecule has 0 amide bonds. The van der Waals surface area contributed by atoms with Crippen LogP contribution in [-0.4, -0.2) is 6.54 Å². The second-order valence-electron chi connectivity index (χ2n) is 6.56. The molecule has 3 heteroatoms. The Kier molecular flexibility index (Phi) is 5.74. The van der Waals surface area contributed by atoms with Crippen molar-refractivity contribution in [1.82, 2.24) is 5.32 Å². The summed E-state index contributed by atoms with van der Waals surface area (Å²) < 4.78 is 28.3. The third kappa shape index (κ3) is 3.82. The molecule has 3 unspecified atom stereocenters. The number of rotatable bonds is 5. The highest BCUT2D eigenvalue weighted by Crippen LogP contribution is 2.38. The van der Waals surface area contributed by atoms with E-state index in [9.17, 15) is 8.78 Å². The molecular formula is C18H27F2N. The maximum Gasteiger partial charge on any atom is 0.163 e. The number of aryl methyl sites for hydroxylation is 1. The molecule has 0 aliphatic heterocycles. The fraction of sp³-hybridized carbons (Fsp3) is 0.667. The monoisotopic (exact) mass is 295 g/mol. The van der Waals surface area contributed by atoms with E-state index in [2.05, 4.69) is 19.2 Å². The summed E-state index contributed by atoms with van der Waals surface area (Å²) in [7, 11) is 0. The van der Waals surface area contributed by atoms with Gasteiger partial charge in [-0.25, -0.2) is 8.78 Å². The lowest BCUT2D eigenvalue weighted by Gasteiger charge is -2.34. The topological polar surface area (TPSA) is 12.0 Å². The molecule has 1 fully saturated rings. The Morgan fingerprint density at radius 2 is 2.00 bits per heavy atom. The second-order valence-corrected chi connectivity index (χ2v) is 6.56. The van der Waals surface area contributed by atoms with Crippen LogP contribution >= 0.6 is 0 Å². The van der Waals surface area contributed by atoms with Crippen LogP contribution in [0, 0.1) is 30.4 Å². The maximum atomic E-state index is 14.4. The van der Waals surface area contributed by atoms with E-state index in [1.807, 2.05) is 0 Å². The molecule has 1 aliphatic rings. The van der Waals surface area contributed by atoms with Crippen molar-refractivity contribution >= 4 is 0 Å². The van der Waals surface area contributed by atoms with Crippen molar-refractivity contribution in [3.8, 4) is 0 Å². The number of benzene rings is 1. The summed E-state index contributed by atoms with van der Waals surface area (Å²) in [5.41, 5.74) is 0.883. The van der Waals surface area contributed by atoms with Gasteiger partial charge in [-0.3, -0.25) is 0 Å². The van der Waals surface area contributed by atoms with Gasteiger partial charge in [0.2, 0.25) is 0 Å². The van der Waals surface area contributed by atoms with Gasteiger partial charge in [-0.05, 0) is 50.1 Å². The Bertz CT molecular complexity index is 473. The van der Waals surface area contributed by atoms with Gasteiger partial charge >= 0.3 is 0 Å². The van der Waals surface area contributed by atoms with Gasteiger partial charge < -0.3 is 5.32 Å². The van der Waals surface area contributed by atoms with Crippen LogP contribution in [0.2, 0.25) is 0 Å². The highest BCUT2D eigenvalue weighted by molar-refractivity contribution is 5.28. The maximum absolute atomic E-state index is 14.4. The van der Waals surface area contributed by atoms with Gasteiger partial charge in [0.15, 0.2) is 11.6 Å². The summed E-state index contributed by atoms with van der Waals surface area (Å²) in [6.07, 6.45) is 5.62. The van der Waals surface area contributed by atoms with Crippen LogP contribution in [-0.2, 0) is 0 Å². The van der Waals surface area contributed by atoms with E-state index in [0.717, 1.165) is 25.8 Å². The molecule has 1 aromatic rings. The molecular weight excluding hydrogens is 268 g/mol. The third-order valence-corrected chi connectivity index (χ3v) is 4.70. The summed E-state index contributed by atoms with van der Waals surface area (Å²) in [6, 6.07) is 3.39. The van der Waals surface area contributed by atoms with Crippen molar-refractivity contribution in [2.75, 3.05) is 6.54 Å². The number of hydrogen-bond donors (Lipinski definition) is 1. The molecule has 0 aromatic heterocycles. The molecule has 1 saturated carbocycles. The summed E-state index contributed by atoms with van der Waals surface area (Å²) in [5.74, 6) is -0.286. The van der Waals surface area contributed by atoms with Crippen molar-refractivity contribution in [2.45, 2.75) is 58.9 Å². The first-order chi connectivity index (χ1) is 10.0. The van der Waals surface area contributed by atoms with E-state index in [1.54, 1.807) is 19.1 Å². The molecule has 1 aromatic carbocycles. The molecule has 0 spiro atoms. The van der Waals surface area contributed by atoms with Gasteiger partial charge in [0.25, 0.3) is 0 Å². The molecule has 0 bridgehead atoms. The average molecular weight is 295 g/mol. The summed E-state index contributed by atoms with van der Waals surface area (Å²) in [5, 5.41) is 3.46. The lowest BCUT2D eigenvalue weighted by molar-refractivity contribution is 0.220. The molecule has 2 rings (SSSR count). The molecule has 118 valence electrons. The predicted octanol–water partition coefficient (Wildman–Crippen LogP) is 5.14. The first kappa shape index (κ1) is 16.4. The van der Waals surface area contributed by atoms with Crippen LogP contribution in [0.4, 0.5) is 8.78 Å². The Hall–Kier alpha value is -0.960. The standard InChI is InChI=1S/C18H27F2N/c1-4-10-21-18(14-7-5-6-12(2)11-14)15-9-8-13(3)16(19)17(15)20/h8-9,12,14,18,21H,4-7,10-11H2,1-3H3. The molecule has 3 atom stereocenters. The van der Waals surface area contributed by atoms with Gasteiger partial charge in [-0.15, -0.1) is 0 Å². The summed E-state index contributed by atoms with van der Waals surface area (Å²) in [4.78, 5) is 0. The normalized spacial score (nSPS) is 24.0. The Morgan fingerprint density at radius 3 is 2.67 bits per heavy atom. The molecule has 1 nitrogen and oxygen atoms in total. The quantitative estimate of drug-likeness (QED) is 0.793. The van der Waals surface area contributed by atoms with Gasteiger partial charge in [-0.2, -0.15) is 0 Å². The fourth-order valence-electron chi connectivity index (χ4n) is 3.52. The van der Waals surface area contributed by atoms with Gasteiger partial charge in [0.05, 0.1) is 0 Å². The Balaban J connectivity index is 2.29. The van der Waals surface area contributed by atoms with E-state index >= 15 is 0 Å². The van der Waals surface area contributed by atoms with Crippen LogP contribution < -0.4 is 5.32 Å². The highest BCUT2D eigenvalue weighted by Gasteiger charge is 2.30.